The normalized spacial score (nSPS) is 21.2. The van der Waals surface area contributed by atoms with Crippen LogP contribution in [0.3, 0.4) is 0 Å². The molecule has 1 unspecified atom stereocenters. The fourth-order valence-electron chi connectivity index (χ4n) is 2.51. The lowest BCUT2D eigenvalue weighted by atomic mass is 10.1. The number of phenols is 1. The summed E-state index contributed by atoms with van der Waals surface area (Å²) in [6, 6.07) is 5.11. The number of nitrogens with zero attached hydrogens (tertiary/aromatic N) is 2. The molecule has 2 rings (SSSR count). The Balaban J connectivity index is 2.25. The van der Waals surface area contributed by atoms with Gasteiger partial charge in [-0.2, -0.15) is 0 Å². The molecule has 1 N–H and O–H groups in total. The fourth-order valence-corrected chi connectivity index (χ4v) is 2.87. The largest absolute Gasteiger partial charge is 0.507 e. The van der Waals surface area contributed by atoms with Crippen LogP contribution in [0.25, 0.3) is 0 Å². The van der Waals surface area contributed by atoms with Crippen LogP contribution in [0.2, 0.25) is 0 Å². The molecule has 1 fully saturated rings. The highest BCUT2D eigenvalue weighted by molar-refractivity contribution is 9.10. The number of carbonyl (C=O) groups excluding carboxylic acids is 1. The zero-order valence-electron chi connectivity index (χ0n) is 11.3. The number of rotatable bonds is 1. The van der Waals surface area contributed by atoms with Gasteiger partial charge in [0.15, 0.2) is 0 Å². The van der Waals surface area contributed by atoms with E-state index in [9.17, 15) is 9.90 Å². The molecule has 1 atom stereocenters. The number of aromatic hydroxyl groups is 1. The van der Waals surface area contributed by atoms with Crippen molar-refractivity contribution in [3.8, 4) is 5.75 Å². The maximum atomic E-state index is 12.6. The Morgan fingerprint density at radius 2 is 2.16 bits per heavy atom. The Bertz CT molecular complexity index is 479. The first-order valence-electron chi connectivity index (χ1n) is 6.47. The van der Waals surface area contributed by atoms with Gasteiger partial charge in [-0.15, -0.1) is 0 Å². The van der Waals surface area contributed by atoms with E-state index in [0.717, 1.165) is 30.5 Å². The molecule has 0 spiro atoms. The highest BCUT2D eigenvalue weighted by Crippen LogP contribution is 2.24. The molecule has 1 aromatic rings. The van der Waals surface area contributed by atoms with E-state index in [1.807, 2.05) is 4.90 Å². The molecule has 0 radical (unpaired) electrons. The second-order valence-corrected chi connectivity index (χ2v) is 6.04. The van der Waals surface area contributed by atoms with Crippen LogP contribution in [0.5, 0.6) is 5.75 Å². The molecule has 0 aliphatic carbocycles. The van der Waals surface area contributed by atoms with Crippen molar-refractivity contribution < 1.29 is 9.90 Å². The molecular weight excluding hydrogens is 308 g/mol. The molecule has 0 bridgehead atoms. The molecule has 0 aromatic heterocycles. The van der Waals surface area contributed by atoms with Gasteiger partial charge < -0.3 is 14.9 Å². The summed E-state index contributed by atoms with van der Waals surface area (Å²) in [4.78, 5) is 16.7. The lowest BCUT2D eigenvalue weighted by Gasteiger charge is -2.28. The van der Waals surface area contributed by atoms with E-state index in [4.69, 9.17) is 0 Å². The number of halogens is 1. The predicted molar refractivity (Wildman–Crippen MR) is 78.4 cm³/mol. The molecule has 5 heteroatoms. The second kappa shape index (κ2) is 5.92. The molecular formula is C14H19BrN2O2. The molecule has 104 valence electrons. The van der Waals surface area contributed by atoms with E-state index in [0.29, 0.717) is 5.56 Å². The van der Waals surface area contributed by atoms with Gasteiger partial charge >= 0.3 is 0 Å². The first kappa shape index (κ1) is 14.3. The average molecular weight is 327 g/mol. The molecule has 1 saturated heterocycles. The second-order valence-electron chi connectivity index (χ2n) is 5.12. The van der Waals surface area contributed by atoms with Gasteiger partial charge in [-0.25, -0.2) is 0 Å². The minimum absolute atomic E-state index is 0.0398. The molecule has 19 heavy (non-hydrogen) atoms. The number of amides is 1. The first-order chi connectivity index (χ1) is 8.99. The first-order valence-corrected chi connectivity index (χ1v) is 7.26. The van der Waals surface area contributed by atoms with Crippen LogP contribution in [0.1, 0.15) is 23.7 Å². The third kappa shape index (κ3) is 3.28. The third-order valence-electron chi connectivity index (χ3n) is 3.50. The molecule has 1 heterocycles. The zero-order chi connectivity index (χ0) is 14.0. The maximum Gasteiger partial charge on any atom is 0.257 e. The van der Waals surface area contributed by atoms with Crippen molar-refractivity contribution in [2.24, 2.45) is 0 Å². The SMILES string of the molecule is CC1CN(C)CCCN1C(=O)c1cc(Br)ccc1O. The molecule has 1 aromatic carbocycles. The summed E-state index contributed by atoms with van der Waals surface area (Å²) in [5, 5.41) is 9.87. The summed E-state index contributed by atoms with van der Waals surface area (Å²) in [7, 11) is 2.07. The van der Waals surface area contributed by atoms with E-state index in [1.54, 1.807) is 18.2 Å². The van der Waals surface area contributed by atoms with Crippen LogP contribution in [0.4, 0.5) is 0 Å². The van der Waals surface area contributed by atoms with Crippen LogP contribution in [-0.2, 0) is 0 Å². The van der Waals surface area contributed by atoms with Gasteiger partial charge in [-0.1, -0.05) is 15.9 Å². The van der Waals surface area contributed by atoms with Gasteiger partial charge in [0, 0.05) is 23.6 Å². The van der Waals surface area contributed by atoms with Crippen LogP contribution < -0.4 is 0 Å². The Morgan fingerprint density at radius 3 is 2.89 bits per heavy atom. The van der Waals surface area contributed by atoms with Crippen LogP contribution in [0.15, 0.2) is 22.7 Å². The molecule has 1 aliphatic rings. The number of benzene rings is 1. The fraction of sp³-hybridized carbons (Fsp3) is 0.500. The highest BCUT2D eigenvalue weighted by Gasteiger charge is 2.26. The smallest absolute Gasteiger partial charge is 0.257 e. The quantitative estimate of drug-likeness (QED) is 0.861. The monoisotopic (exact) mass is 326 g/mol. The van der Waals surface area contributed by atoms with Crippen LogP contribution in [-0.4, -0.2) is 53.5 Å². The zero-order valence-corrected chi connectivity index (χ0v) is 12.9. The Kier molecular flexibility index (Phi) is 4.47. The maximum absolute atomic E-state index is 12.6. The topological polar surface area (TPSA) is 43.8 Å². The number of hydrogen-bond donors (Lipinski definition) is 1. The highest BCUT2D eigenvalue weighted by atomic mass is 79.9. The van der Waals surface area contributed by atoms with E-state index in [2.05, 4.69) is 34.8 Å². The number of phenolic OH excluding ortho intramolecular Hbond substituents is 1. The van der Waals surface area contributed by atoms with Gasteiger partial charge in [-0.05, 0) is 45.1 Å². The Labute approximate surface area is 122 Å². The van der Waals surface area contributed by atoms with Gasteiger partial charge in [0.2, 0.25) is 0 Å². The van der Waals surface area contributed by atoms with Crippen molar-refractivity contribution >= 4 is 21.8 Å². The van der Waals surface area contributed by atoms with Crippen molar-refractivity contribution in [3.05, 3.63) is 28.2 Å². The minimum Gasteiger partial charge on any atom is -0.507 e. The predicted octanol–water partition coefficient (Wildman–Crippen LogP) is 2.32. The molecule has 0 saturated carbocycles. The van der Waals surface area contributed by atoms with Crippen molar-refractivity contribution in [1.82, 2.24) is 9.80 Å². The Hall–Kier alpha value is -1.07. The number of hydrogen-bond acceptors (Lipinski definition) is 3. The summed E-state index contributed by atoms with van der Waals surface area (Å²) >= 11 is 3.34. The van der Waals surface area contributed by atoms with Gasteiger partial charge in [-0.3, -0.25) is 4.79 Å². The van der Waals surface area contributed by atoms with Crippen LogP contribution in [0, 0.1) is 0 Å². The van der Waals surface area contributed by atoms with E-state index >= 15 is 0 Å². The van der Waals surface area contributed by atoms with Crippen molar-refractivity contribution in [3.63, 3.8) is 0 Å². The van der Waals surface area contributed by atoms with Crippen LogP contribution >= 0.6 is 15.9 Å². The number of carbonyl (C=O) groups is 1. The molecule has 1 amide bonds. The lowest BCUT2D eigenvalue weighted by Crippen LogP contribution is -2.42. The van der Waals surface area contributed by atoms with Crippen molar-refractivity contribution in [2.45, 2.75) is 19.4 Å². The standard InChI is InChI=1S/C14H19BrN2O2/c1-10-9-16(2)6-3-7-17(10)14(19)12-8-11(15)4-5-13(12)18/h4-5,8,10,18H,3,6-7,9H2,1-2H3. The summed E-state index contributed by atoms with van der Waals surface area (Å²) in [6.07, 6.45) is 0.960. The van der Waals surface area contributed by atoms with E-state index < -0.39 is 0 Å². The van der Waals surface area contributed by atoms with Crippen molar-refractivity contribution in [2.75, 3.05) is 26.7 Å². The molecule has 4 nitrogen and oxygen atoms in total. The number of likely N-dealkylation sites (N-methyl/N-ethyl adjacent to an activating group) is 1. The van der Waals surface area contributed by atoms with Gasteiger partial charge in [0.05, 0.1) is 5.56 Å². The lowest BCUT2D eigenvalue weighted by molar-refractivity contribution is 0.0693. The average Bonchev–Trinajstić information content (AvgIpc) is 2.52. The van der Waals surface area contributed by atoms with E-state index in [-0.39, 0.29) is 17.7 Å². The summed E-state index contributed by atoms with van der Waals surface area (Å²) in [5.74, 6) is -0.0559. The third-order valence-corrected chi connectivity index (χ3v) is 3.99. The summed E-state index contributed by atoms with van der Waals surface area (Å²) < 4.78 is 0.799. The minimum atomic E-state index is -0.0957. The summed E-state index contributed by atoms with van der Waals surface area (Å²) in [5.41, 5.74) is 0.366. The van der Waals surface area contributed by atoms with Gasteiger partial charge in [0.1, 0.15) is 5.75 Å². The van der Waals surface area contributed by atoms with Gasteiger partial charge in [0.25, 0.3) is 5.91 Å². The molecule has 1 aliphatic heterocycles. The Morgan fingerprint density at radius 1 is 1.42 bits per heavy atom. The van der Waals surface area contributed by atoms with Crippen molar-refractivity contribution in [1.29, 1.82) is 0 Å². The summed E-state index contributed by atoms with van der Waals surface area (Å²) in [6.45, 7) is 4.64. The van der Waals surface area contributed by atoms with E-state index in [1.165, 1.54) is 0 Å².